The average Bonchev–Trinajstić information content (AvgIpc) is 2.29. The molecule has 0 N–H and O–H groups in total. The molecule has 0 aliphatic carbocycles. The van der Waals surface area contributed by atoms with Crippen molar-refractivity contribution < 1.29 is 13.6 Å². The molecule has 2 rings (SSSR count). The van der Waals surface area contributed by atoms with E-state index in [0.29, 0.717) is 22.8 Å². The lowest BCUT2D eigenvalue weighted by Crippen LogP contribution is -2.42. The topological polar surface area (TPSA) is 48.7 Å². The van der Waals surface area contributed by atoms with Crippen LogP contribution >= 0.6 is 0 Å². The fraction of sp³-hybridized carbons (Fsp3) is 0.562. The van der Waals surface area contributed by atoms with Crippen molar-refractivity contribution in [3.8, 4) is 5.75 Å². The zero-order chi connectivity index (χ0) is 16.0. The number of fused-ring (bicyclic) bond motifs is 1. The number of hydrogen-bond acceptors (Lipinski definition) is 4. The van der Waals surface area contributed by atoms with Crippen molar-refractivity contribution in [1.82, 2.24) is 0 Å². The second-order valence-electron chi connectivity index (χ2n) is 7.09. The maximum atomic E-state index is 12.0. The van der Waals surface area contributed by atoms with Crippen molar-refractivity contribution in [3.63, 3.8) is 0 Å². The molecule has 0 amide bonds. The number of rotatable bonds is 2. The molecule has 0 bridgehead atoms. The van der Waals surface area contributed by atoms with Crippen molar-refractivity contribution in [2.45, 2.75) is 58.9 Å². The highest BCUT2D eigenvalue weighted by atomic mass is 28.4. The molecule has 0 spiro atoms. The first-order chi connectivity index (χ1) is 9.51. The van der Waals surface area contributed by atoms with Crippen LogP contribution in [0.25, 0.3) is 6.08 Å². The fourth-order valence-corrected chi connectivity index (χ4v) is 3.01. The van der Waals surface area contributed by atoms with E-state index in [1.807, 2.05) is 6.92 Å². The monoisotopic (exact) mass is 308 g/mol. The lowest BCUT2D eigenvalue weighted by atomic mass is 10.1. The first-order valence-corrected chi connectivity index (χ1v) is 10.1. The highest BCUT2D eigenvalue weighted by Gasteiger charge is 2.41. The second-order valence-corrected chi connectivity index (χ2v) is 11.8. The van der Waals surface area contributed by atoms with E-state index in [4.69, 9.17) is 13.6 Å². The highest BCUT2D eigenvalue weighted by molar-refractivity contribution is 6.74. The van der Waals surface area contributed by atoms with Crippen LogP contribution in [-0.4, -0.2) is 14.4 Å². The Hall–Kier alpha value is -1.49. The van der Waals surface area contributed by atoms with E-state index in [2.05, 4.69) is 33.9 Å². The third-order valence-electron chi connectivity index (χ3n) is 4.24. The minimum Gasteiger partial charge on any atom is -0.544 e. The second kappa shape index (κ2) is 5.05. The maximum absolute atomic E-state index is 12.0. The Morgan fingerprint density at radius 1 is 1.29 bits per heavy atom. The Balaban J connectivity index is 2.42. The summed E-state index contributed by atoms with van der Waals surface area (Å²) in [5, 5.41) is 0.0891. The third-order valence-corrected chi connectivity index (χ3v) is 8.60. The summed E-state index contributed by atoms with van der Waals surface area (Å²) < 4.78 is 17.3. The molecule has 0 fully saturated rings. The molecular formula is C16H24O4Si. The predicted octanol–water partition coefficient (Wildman–Crippen LogP) is 4.09. The van der Waals surface area contributed by atoms with E-state index >= 15 is 0 Å². The minimum atomic E-state index is -1.96. The van der Waals surface area contributed by atoms with Gasteiger partial charge in [0.05, 0.1) is 0 Å². The molecule has 1 aliphatic heterocycles. The molecule has 116 valence electrons. The van der Waals surface area contributed by atoms with Gasteiger partial charge in [0, 0.05) is 6.07 Å². The molecule has 21 heavy (non-hydrogen) atoms. The van der Waals surface area contributed by atoms with Gasteiger partial charge in [0.25, 0.3) is 0 Å². The number of ether oxygens (including phenoxy) is 1. The van der Waals surface area contributed by atoms with Crippen molar-refractivity contribution in [1.29, 1.82) is 0 Å². The van der Waals surface area contributed by atoms with E-state index in [1.165, 1.54) is 0 Å². The minimum absolute atomic E-state index is 0.0891. The molecule has 5 heteroatoms. The van der Waals surface area contributed by atoms with Gasteiger partial charge >= 0.3 is 5.63 Å². The van der Waals surface area contributed by atoms with Crippen LogP contribution in [0.2, 0.25) is 18.1 Å². The molecule has 0 unspecified atom stereocenters. The molecule has 2 heterocycles. The molecule has 4 nitrogen and oxygen atoms in total. The molecular weight excluding hydrogens is 284 g/mol. The summed E-state index contributed by atoms with van der Waals surface area (Å²) in [6.45, 7) is 14.6. The van der Waals surface area contributed by atoms with Crippen LogP contribution in [-0.2, 0) is 4.43 Å². The van der Waals surface area contributed by atoms with Gasteiger partial charge in [-0.25, -0.2) is 4.79 Å². The van der Waals surface area contributed by atoms with Crippen molar-refractivity contribution in [3.05, 3.63) is 33.6 Å². The van der Waals surface area contributed by atoms with Crippen LogP contribution in [0, 0.1) is 6.92 Å². The first kappa shape index (κ1) is 15.9. The van der Waals surface area contributed by atoms with Crippen LogP contribution in [0.15, 0.2) is 21.0 Å². The van der Waals surface area contributed by atoms with Gasteiger partial charge in [-0.3, -0.25) is 0 Å². The molecule has 0 radical (unpaired) electrons. The number of hydrogen-bond donors (Lipinski definition) is 0. The molecule has 1 aromatic heterocycles. The maximum Gasteiger partial charge on any atom is 0.347 e. The van der Waals surface area contributed by atoms with Crippen molar-refractivity contribution >= 4 is 14.4 Å². The Bertz CT molecular complexity index is 635. The van der Waals surface area contributed by atoms with Gasteiger partial charge < -0.3 is 13.6 Å². The standard InChI is InChI=1S/C16H24O4Si/c1-10-8-14-12(15(17)18-10)9-13(11(2)19-14)20-21(6,7)16(3,4)5/h8-9,11H,1-7H3/t11-/m1/s1. The summed E-state index contributed by atoms with van der Waals surface area (Å²) in [5.74, 6) is 1.83. The molecule has 0 saturated heterocycles. The molecule has 1 aromatic rings. The summed E-state index contributed by atoms with van der Waals surface area (Å²) in [6.07, 6.45) is 1.57. The van der Waals surface area contributed by atoms with Crippen LogP contribution in [0.4, 0.5) is 0 Å². The molecule has 1 atom stereocenters. The van der Waals surface area contributed by atoms with E-state index in [0.717, 1.165) is 0 Å². The fourth-order valence-electron chi connectivity index (χ4n) is 1.89. The van der Waals surface area contributed by atoms with Gasteiger partial charge in [0.2, 0.25) is 8.32 Å². The van der Waals surface area contributed by atoms with Crippen LogP contribution < -0.4 is 10.4 Å². The Morgan fingerprint density at radius 3 is 2.48 bits per heavy atom. The summed E-state index contributed by atoms with van der Waals surface area (Å²) in [6, 6.07) is 1.74. The third kappa shape index (κ3) is 3.07. The molecule has 0 aromatic carbocycles. The van der Waals surface area contributed by atoms with E-state index in [-0.39, 0.29) is 16.8 Å². The van der Waals surface area contributed by atoms with Gasteiger partial charge in [-0.05, 0) is 38.1 Å². The van der Waals surface area contributed by atoms with Crippen LogP contribution in [0.1, 0.15) is 39.0 Å². The Morgan fingerprint density at radius 2 is 1.90 bits per heavy atom. The highest BCUT2D eigenvalue weighted by Crippen LogP contribution is 2.40. The average molecular weight is 308 g/mol. The van der Waals surface area contributed by atoms with Gasteiger partial charge in [-0.15, -0.1) is 0 Å². The lowest BCUT2D eigenvalue weighted by molar-refractivity contribution is 0.187. The Labute approximate surface area is 126 Å². The zero-order valence-electron chi connectivity index (χ0n) is 13.9. The van der Waals surface area contributed by atoms with Crippen molar-refractivity contribution in [2.24, 2.45) is 0 Å². The van der Waals surface area contributed by atoms with E-state index < -0.39 is 8.32 Å². The quantitative estimate of drug-likeness (QED) is 0.772. The smallest absolute Gasteiger partial charge is 0.347 e. The van der Waals surface area contributed by atoms with Crippen LogP contribution in [0.3, 0.4) is 0 Å². The van der Waals surface area contributed by atoms with E-state index in [9.17, 15) is 4.79 Å². The largest absolute Gasteiger partial charge is 0.544 e. The van der Waals surface area contributed by atoms with Gasteiger partial charge in [0.15, 0.2) is 6.10 Å². The van der Waals surface area contributed by atoms with Gasteiger partial charge in [0.1, 0.15) is 22.8 Å². The number of aryl methyl sites for hydroxylation is 1. The normalized spacial score (nSPS) is 18.6. The van der Waals surface area contributed by atoms with Crippen LogP contribution in [0.5, 0.6) is 5.75 Å². The molecule has 1 aliphatic rings. The Kier molecular flexibility index (Phi) is 3.82. The van der Waals surface area contributed by atoms with Gasteiger partial charge in [-0.1, -0.05) is 20.8 Å². The van der Waals surface area contributed by atoms with Gasteiger partial charge in [-0.2, -0.15) is 0 Å². The van der Waals surface area contributed by atoms with Crippen molar-refractivity contribution in [2.75, 3.05) is 0 Å². The SMILES string of the molecule is Cc1cc2c(c(=O)o1)C=C(O[Si](C)(C)C(C)(C)C)[C@@H](C)O2. The zero-order valence-corrected chi connectivity index (χ0v) is 14.9. The van der Waals surface area contributed by atoms with E-state index in [1.54, 1.807) is 19.1 Å². The first-order valence-electron chi connectivity index (χ1n) is 7.23. The summed E-state index contributed by atoms with van der Waals surface area (Å²) >= 11 is 0. The predicted molar refractivity (Wildman–Crippen MR) is 86.1 cm³/mol. The summed E-state index contributed by atoms with van der Waals surface area (Å²) in [7, 11) is -1.96. The molecule has 0 saturated carbocycles. The lowest BCUT2D eigenvalue weighted by Gasteiger charge is -2.39. The summed E-state index contributed by atoms with van der Waals surface area (Å²) in [4.78, 5) is 12.0. The summed E-state index contributed by atoms with van der Waals surface area (Å²) in [5.41, 5.74) is 0.0561.